The van der Waals surface area contributed by atoms with E-state index in [0.29, 0.717) is 0 Å². The van der Waals surface area contributed by atoms with Crippen molar-refractivity contribution in [3.63, 3.8) is 0 Å². The molecule has 10 nitrogen and oxygen atoms in total. The Morgan fingerprint density at radius 3 is 2.48 bits per heavy atom. The van der Waals surface area contributed by atoms with Gasteiger partial charge in [0, 0.05) is 26.1 Å². The number of aromatic nitrogens is 2. The van der Waals surface area contributed by atoms with Crippen molar-refractivity contribution >= 4 is 11.9 Å². The van der Waals surface area contributed by atoms with Gasteiger partial charge in [-0.05, 0) is 6.92 Å². The predicted molar refractivity (Wildman–Crippen MR) is 82.2 cm³/mol. The molecule has 0 fully saturated rings. The summed E-state index contributed by atoms with van der Waals surface area (Å²) in [5.41, 5.74) is 2.22. The first-order chi connectivity index (χ1) is 11.6. The fraction of sp³-hybridized carbons (Fsp3) is 0.571. The molecule has 1 heterocycles. The van der Waals surface area contributed by atoms with Crippen LogP contribution in [0.1, 0.15) is 27.0 Å². The van der Waals surface area contributed by atoms with Gasteiger partial charge >= 0.3 is 17.6 Å². The number of nitrogens with zero attached hydrogens (tertiary/aromatic N) is 1. The predicted octanol–water partition coefficient (Wildman–Crippen LogP) is -0.809. The molecule has 0 amide bonds. The first-order valence-corrected chi connectivity index (χ1v) is 7.22. The number of halogens is 1. The number of carbonyl (C=O) groups excluding carboxylic acids is 2. The quantitative estimate of drug-likeness (QED) is 0.452. The molecule has 25 heavy (non-hydrogen) atoms. The third-order valence-electron chi connectivity index (χ3n) is 3.21. The lowest BCUT2D eigenvalue weighted by Crippen LogP contribution is -2.58. The summed E-state index contributed by atoms with van der Waals surface area (Å²) >= 11 is 0. The van der Waals surface area contributed by atoms with Gasteiger partial charge in [0.05, 0.1) is 0 Å². The molecule has 1 unspecified atom stereocenters. The van der Waals surface area contributed by atoms with Gasteiger partial charge in [0.15, 0.2) is 11.8 Å². The maximum atomic E-state index is 13.8. The molecule has 0 saturated heterocycles. The van der Waals surface area contributed by atoms with Crippen LogP contribution in [-0.4, -0.2) is 46.6 Å². The summed E-state index contributed by atoms with van der Waals surface area (Å²) in [5, 5.41) is 0. The second-order valence-electron chi connectivity index (χ2n) is 5.24. The first kappa shape index (κ1) is 20.5. The van der Waals surface area contributed by atoms with Crippen LogP contribution in [0, 0.1) is 0 Å². The van der Waals surface area contributed by atoms with Crippen LogP contribution >= 0.6 is 0 Å². The summed E-state index contributed by atoms with van der Waals surface area (Å²) in [6.45, 7) is 1.59. The van der Waals surface area contributed by atoms with E-state index in [9.17, 15) is 23.6 Å². The molecular formula is C14H20FN3O7. The van der Waals surface area contributed by atoms with Crippen molar-refractivity contribution in [2.45, 2.75) is 38.8 Å². The van der Waals surface area contributed by atoms with E-state index >= 15 is 0 Å². The van der Waals surface area contributed by atoms with Crippen molar-refractivity contribution in [2.75, 3.05) is 13.3 Å². The summed E-state index contributed by atoms with van der Waals surface area (Å²) in [6, 6.07) is 1.07. The zero-order chi connectivity index (χ0) is 19.2. The van der Waals surface area contributed by atoms with Crippen LogP contribution in [0.3, 0.4) is 0 Å². The van der Waals surface area contributed by atoms with Crippen molar-refractivity contribution in [1.29, 1.82) is 0 Å². The van der Waals surface area contributed by atoms with Gasteiger partial charge in [0.25, 0.3) is 5.56 Å². The largest absolute Gasteiger partial charge is 0.462 e. The van der Waals surface area contributed by atoms with E-state index in [0.717, 1.165) is 30.7 Å². The molecule has 1 aromatic heterocycles. The fourth-order valence-electron chi connectivity index (χ4n) is 1.95. The van der Waals surface area contributed by atoms with Crippen LogP contribution in [0.4, 0.5) is 4.39 Å². The van der Waals surface area contributed by atoms with Crippen molar-refractivity contribution < 1.29 is 28.2 Å². The molecule has 11 heteroatoms. The van der Waals surface area contributed by atoms with Gasteiger partial charge in [-0.2, -0.15) is 0 Å². The smallest absolute Gasteiger partial charge is 0.330 e. The van der Waals surface area contributed by atoms with Crippen molar-refractivity contribution in [2.24, 2.45) is 5.73 Å². The Hall–Kier alpha value is -2.53. The third kappa shape index (κ3) is 5.50. The van der Waals surface area contributed by atoms with E-state index in [1.165, 1.54) is 6.92 Å². The van der Waals surface area contributed by atoms with Crippen LogP contribution in [-0.2, 0) is 23.8 Å². The van der Waals surface area contributed by atoms with Gasteiger partial charge in [-0.15, -0.1) is 0 Å². The van der Waals surface area contributed by atoms with E-state index in [-0.39, 0.29) is 0 Å². The number of nitrogens with two attached hydrogens (primary N) is 1. The highest BCUT2D eigenvalue weighted by Gasteiger charge is 2.44. The Labute approximate surface area is 141 Å². The molecule has 0 aliphatic rings. The second kappa shape index (κ2) is 8.53. The highest BCUT2D eigenvalue weighted by Crippen LogP contribution is 2.24. The van der Waals surface area contributed by atoms with E-state index in [1.807, 2.05) is 4.98 Å². The molecule has 0 aliphatic heterocycles. The molecule has 0 aromatic carbocycles. The van der Waals surface area contributed by atoms with E-state index in [2.05, 4.69) is 0 Å². The zero-order valence-corrected chi connectivity index (χ0v) is 14.0. The van der Waals surface area contributed by atoms with Crippen LogP contribution in [0.25, 0.3) is 0 Å². The van der Waals surface area contributed by atoms with Gasteiger partial charge in [-0.3, -0.25) is 29.7 Å². The lowest BCUT2D eigenvalue weighted by molar-refractivity contribution is -0.217. The number of ether oxygens (including phenoxy) is 3. The second-order valence-corrected chi connectivity index (χ2v) is 5.24. The minimum atomic E-state index is -2.05. The molecule has 3 atom stereocenters. The Morgan fingerprint density at radius 2 is 2.00 bits per heavy atom. The van der Waals surface area contributed by atoms with Crippen LogP contribution in [0.15, 0.2) is 21.9 Å². The number of hydrogen-bond donors (Lipinski definition) is 2. The maximum Gasteiger partial charge on any atom is 0.330 e. The molecule has 0 radical (unpaired) electrons. The number of rotatable bonds is 8. The monoisotopic (exact) mass is 361 g/mol. The van der Waals surface area contributed by atoms with Crippen LogP contribution in [0.5, 0.6) is 0 Å². The van der Waals surface area contributed by atoms with Gasteiger partial charge in [0.2, 0.25) is 0 Å². The van der Waals surface area contributed by atoms with E-state index in [4.69, 9.17) is 19.9 Å². The normalized spacial score (nSPS) is 15.7. The number of alkyl halides is 1. The minimum absolute atomic E-state index is 0.623. The number of nitrogens with one attached hydrogen (secondary N) is 1. The van der Waals surface area contributed by atoms with E-state index in [1.54, 1.807) is 0 Å². The van der Waals surface area contributed by atoms with Gasteiger partial charge < -0.3 is 14.2 Å². The summed E-state index contributed by atoms with van der Waals surface area (Å²) < 4.78 is 29.8. The molecule has 0 spiro atoms. The standard InChI is InChI=1S/C14H20FN3O7/c1-8(18-5-4-11(21)17-13(18)22)25-14(6-15,7-23-9(2)19)12(16)24-10(3)20/h4-5,8,12H,6-7,16H2,1-3H3,(H,17,21,22)/t8-,12-,14?/m1/s1. The SMILES string of the molecule is CC(=O)OCC(CF)(O[C@H](C)n1ccc(=O)[nH]c1=O)[C@H](N)OC(C)=O. The Bertz CT molecular complexity index is 732. The summed E-state index contributed by atoms with van der Waals surface area (Å²) in [5.74, 6) is -1.53. The number of hydrogen-bond acceptors (Lipinski definition) is 8. The number of carbonyl (C=O) groups is 2. The number of aromatic amines is 1. The lowest BCUT2D eigenvalue weighted by atomic mass is 10.1. The average Bonchev–Trinajstić information content (AvgIpc) is 2.50. The minimum Gasteiger partial charge on any atom is -0.462 e. The highest BCUT2D eigenvalue weighted by atomic mass is 19.1. The molecule has 3 N–H and O–H groups in total. The summed E-state index contributed by atoms with van der Waals surface area (Å²) in [7, 11) is 0. The fourth-order valence-corrected chi connectivity index (χ4v) is 1.95. The summed E-state index contributed by atoms with van der Waals surface area (Å²) in [4.78, 5) is 47.1. The molecule has 0 saturated carbocycles. The third-order valence-corrected chi connectivity index (χ3v) is 3.21. The zero-order valence-electron chi connectivity index (χ0n) is 14.0. The summed E-state index contributed by atoms with van der Waals surface area (Å²) in [6.07, 6.45) is -1.61. The molecule has 1 aromatic rings. The first-order valence-electron chi connectivity index (χ1n) is 7.22. The molecule has 140 valence electrons. The van der Waals surface area contributed by atoms with Crippen molar-refractivity contribution in [3.8, 4) is 0 Å². The van der Waals surface area contributed by atoms with Crippen LogP contribution in [0.2, 0.25) is 0 Å². The van der Waals surface area contributed by atoms with Gasteiger partial charge in [-0.1, -0.05) is 0 Å². The van der Waals surface area contributed by atoms with Crippen molar-refractivity contribution in [1.82, 2.24) is 9.55 Å². The van der Waals surface area contributed by atoms with Gasteiger partial charge in [-0.25, -0.2) is 9.18 Å². The lowest BCUT2D eigenvalue weighted by Gasteiger charge is -2.37. The van der Waals surface area contributed by atoms with E-state index < -0.39 is 54.5 Å². The Balaban J connectivity index is 3.16. The Kier molecular flexibility index (Phi) is 7.00. The number of esters is 2. The van der Waals surface area contributed by atoms with Crippen molar-refractivity contribution in [3.05, 3.63) is 33.1 Å². The number of H-pyrrole nitrogens is 1. The molecular weight excluding hydrogens is 341 g/mol. The van der Waals surface area contributed by atoms with Gasteiger partial charge in [0.1, 0.15) is 19.5 Å². The maximum absolute atomic E-state index is 13.8. The highest BCUT2D eigenvalue weighted by molar-refractivity contribution is 5.66. The average molecular weight is 361 g/mol. The Morgan fingerprint density at radius 1 is 1.36 bits per heavy atom. The van der Waals surface area contributed by atoms with Crippen LogP contribution < -0.4 is 17.0 Å². The topological polar surface area (TPSA) is 143 Å². The molecule has 0 aliphatic carbocycles. The molecule has 1 rings (SSSR count). The molecule has 0 bridgehead atoms.